The minimum atomic E-state index is -4.60. The summed E-state index contributed by atoms with van der Waals surface area (Å²) in [5.41, 5.74) is -1.40. The molecule has 0 aliphatic carbocycles. The van der Waals surface area contributed by atoms with Crippen molar-refractivity contribution in [3.8, 4) is 0 Å². The van der Waals surface area contributed by atoms with Crippen LogP contribution in [0.1, 0.15) is 21.8 Å². The van der Waals surface area contributed by atoms with Gasteiger partial charge in [-0.1, -0.05) is 18.2 Å². The number of fused-ring (bicyclic) bond motifs is 1. The first kappa shape index (κ1) is 17.5. The number of nitrogens with one attached hydrogen (secondary N) is 1. The van der Waals surface area contributed by atoms with Gasteiger partial charge in [0.25, 0.3) is 5.56 Å². The van der Waals surface area contributed by atoms with Gasteiger partial charge in [-0.15, -0.1) is 11.3 Å². The number of aromatic amines is 1. The monoisotopic (exact) mass is 378 g/mol. The minimum Gasteiger partial charge on any atom is -0.310 e. The third kappa shape index (κ3) is 3.68. The molecule has 2 aromatic heterocycles. The summed E-state index contributed by atoms with van der Waals surface area (Å²) in [5, 5.41) is -0.204. The number of benzene rings is 1. The SMILES string of the molecule is O=c1[nH]c(Cc2cccc(C(F)(F)F)c2)nc2sc(C(F)(F)F)cc12. The van der Waals surface area contributed by atoms with Gasteiger partial charge >= 0.3 is 12.4 Å². The smallest absolute Gasteiger partial charge is 0.310 e. The molecule has 1 N–H and O–H groups in total. The highest BCUT2D eigenvalue weighted by molar-refractivity contribution is 7.18. The van der Waals surface area contributed by atoms with Crippen LogP contribution in [0.5, 0.6) is 0 Å². The molecule has 10 heteroatoms. The lowest BCUT2D eigenvalue weighted by atomic mass is 10.1. The Hall–Kier alpha value is -2.36. The third-order valence-electron chi connectivity index (χ3n) is 3.36. The van der Waals surface area contributed by atoms with Gasteiger partial charge in [0, 0.05) is 6.42 Å². The van der Waals surface area contributed by atoms with Crippen molar-refractivity contribution in [3.63, 3.8) is 0 Å². The van der Waals surface area contributed by atoms with E-state index in [1.54, 1.807) is 0 Å². The Morgan fingerprint density at radius 3 is 2.40 bits per heavy atom. The molecule has 0 atom stereocenters. The minimum absolute atomic E-state index is 0.00704. The van der Waals surface area contributed by atoms with Crippen LogP contribution in [0.2, 0.25) is 0 Å². The lowest BCUT2D eigenvalue weighted by Gasteiger charge is -2.08. The molecular formula is C15H8F6N2OS. The van der Waals surface area contributed by atoms with E-state index in [0.717, 1.165) is 12.1 Å². The van der Waals surface area contributed by atoms with Gasteiger partial charge in [-0.05, 0) is 17.7 Å². The largest absolute Gasteiger partial charge is 0.425 e. The summed E-state index contributed by atoms with van der Waals surface area (Å²) >= 11 is 0.314. The van der Waals surface area contributed by atoms with Gasteiger partial charge in [-0.2, -0.15) is 26.3 Å². The number of thiophene rings is 1. The van der Waals surface area contributed by atoms with Gasteiger partial charge in [-0.3, -0.25) is 4.79 Å². The van der Waals surface area contributed by atoms with Crippen LogP contribution < -0.4 is 5.56 Å². The number of halogens is 6. The standard InChI is InChI=1S/C15H8F6N2OS/c16-14(17,18)8-3-1-2-7(4-8)5-11-22-12(24)9-6-10(15(19,20)21)25-13(9)23-11/h1-4,6H,5H2,(H,22,23,24). The van der Waals surface area contributed by atoms with Crippen molar-refractivity contribution in [2.45, 2.75) is 18.8 Å². The van der Waals surface area contributed by atoms with Crippen LogP contribution in [-0.4, -0.2) is 9.97 Å². The molecule has 3 rings (SSSR count). The lowest BCUT2D eigenvalue weighted by molar-refractivity contribution is -0.137. The number of nitrogens with zero attached hydrogens (tertiary/aromatic N) is 1. The maximum Gasteiger partial charge on any atom is 0.425 e. The molecule has 0 saturated heterocycles. The zero-order valence-electron chi connectivity index (χ0n) is 12.1. The quantitative estimate of drug-likeness (QED) is 0.662. The number of hydrogen-bond donors (Lipinski definition) is 1. The molecule has 0 radical (unpaired) electrons. The Morgan fingerprint density at radius 1 is 1.04 bits per heavy atom. The predicted octanol–water partition coefficient (Wildman–Crippen LogP) is 4.61. The second kappa shape index (κ2) is 5.87. The molecule has 0 saturated carbocycles. The molecule has 0 amide bonds. The normalized spacial score (nSPS) is 12.7. The summed E-state index contributed by atoms with van der Waals surface area (Å²) in [6.45, 7) is 0. The predicted molar refractivity (Wildman–Crippen MR) is 79.5 cm³/mol. The van der Waals surface area contributed by atoms with Crippen molar-refractivity contribution < 1.29 is 26.3 Å². The molecule has 0 unspecified atom stereocenters. The van der Waals surface area contributed by atoms with Crippen LogP contribution in [0.25, 0.3) is 10.2 Å². The first-order valence-corrected chi connectivity index (χ1v) is 7.62. The van der Waals surface area contributed by atoms with Crippen LogP contribution in [0.4, 0.5) is 26.3 Å². The molecule has 0 aliphatic heterocycles. The van der Waals surface area contributed by atoms with E-state index in [2.05, 4.69) is 9.97 Å². The molecule has 3 nitrogen and oxygen atoms in total. The van der Waals surface area contributed by atoms with Gasteiger partial charge in [0.2, 0.25) is 0 Å². The van der Waals surface area contributed by atoms with Crippen molar-refractivity contribution in [3.05, 3.63) is 62.5 Å². The lowest BCUT2D eigenvalue weighted by Crippen LogP contribution is -2.11. The summed E-state index contributed by atoms with van der Waals surface area (Å²) in [6.07, 6.45) is -9.26. The van der Waals surface area contributed by atoms with Gasteiger partial charge in [0.05, 0.1) is 10.9 Å². The zero-order chi connectivity index (χ0) is 18.4. The number of rotatable bonds is 2. The van der Waals surface area contributed by atoms with E-state index < -0.39 is 28.4 Å². The molecule has 132 valence electrons. The molecule has 0 aliphatic rings. The third-order valence-corrected chi connectivity index (χ3v) is 4.43. The van der Waals surface area contributed by atoms with Crippen molar-refractivity contribution in [1.82, 2.24) is 9.97 Å². The van der Waals surface area contributed by atoms with Gasteiger partial charge in [0.15, 0.2) is 0 Å². The molecular weight excluding hydrogens is 370 g/mol. The van der Waals surface area contributed by atoms with E-state index in [1.807, 2.05) is 0 Å². The first-order chi connectivity index (χ1) is 11.5. The summed E-state index contributed by atoms with van der Waals surface area (Å²) in [7, 11) is 0. The topological polar surface area (TPSA) is 45.8 Å². The van der Waals surface area contributed by atoms with E-state index in [4.69, 9.17) is 0 Å². The van der Waals surface area contributed by atoms with Gasteiger partial charge < -0.3 is 4.98 Å². The summed E-state index contributed by atoms with van der Waals surface area (Å²) in [6, 6.07) is 5.13. The van der Waals surface area contributed by atoms with E-state index in [-0.39, 0.29) is 28.0 Å². The van der Waals surface area contributed by atoms with E-state index in [9.17, 15) is 31.1 Å². The zero-order valence-corrected chi connectivity index (χ0v) is 12.9. The van der Waals surface area contributed by atoms with Gasteiger partial charge in [-0.25, -0.2) is 4.98 Å². The van der Waals surface area contributed by atoms with Crippen LogP contribution in [-0.2, 0) is 18.8 Å². The van der Waals surface area contributed by atoms with Gasteiger partial charge in [0.1, 0.15) is 15.5 Å². The maximum atomic E-state index is 12.7. The Morgan fingerprint density at radius 2 is 1.76 bits per heavy atom. The highest BCUT2D eigenvalue weighted by atomic mass is 32.1. The number of alkyl halides is 6. The summed E-state index contributed by atoms with van der Waals surface area (Å²) < 4.78 is 76.3. The Bertz CT molecular complexity index is 986. The second-order valence-electron chi connectivity index (χ2n) is 5.21. The molecule has 0 spiro atoms. The molecule has 2 heterocycles. The summed E-state index contributed by atoms with van der Waals surface area (Å²) in [4.78, 5) is 17.1. The fraction of sp³-hybridized carbons (Fsp3) is 0.200. The van der Waals surface area contributed by atoms with Crippen LogP contribution in [0.3, 0.4) is 0 Å². The van der Waals surface area contributed by atoms with Crippen molar-refractivity contribution >= 4 is 21.6 Å². The van der Waals surface area contributed by atoms with E-state index >= 15 is 0 Å². The fourth-order valence-corrected chi connectivity index (χ4v) is 3.17. The number of hydrogen-bond acceptors (Lipinski definition) is 3. The average Bonchev–Trinajstić information content (AvgIpc) is 2.91. The van der Waals surface area contributed by atoms with E-state index in [1.165, 1.54) is 12.1 Å². The van der Waals surface area contributed by atoms with Crippen LogP contribution in [0, 0.1) is 0 Å². The van der Waals surface area contributed by atoms with Crippen molar-refractivity contribution in [2.24, 2.45) is 0 Å². The van der Waals surface area contributed by atoms with Crippen molar-refractivity contribution in [1.29, 1.82) is 0 Å². The highest BCUT2D eigenvalue weighted by Gasteiger charge is 2.33. The molecule has 25 heavy (non-hydrogen) atoms. The van der Waals surface area contributed by atoms with Crippen LogP contribution >= 0.6 is 11.3 Å². The second-order valence-corrected chi connectivity index (χ2v) is 6.25. The van der Waals surface area contributed by atoms with Crippen LogP contribution in [0.15, 0.2) is 35.1 Å². The molecule has 0 fully saturated rings. The number of H-pyrrole nitrogens is 1. The average molecular weight is 378 g/mol. The first-order valence-electron chi connectivity index (χ1n) is 6.80. The Kier molecular flexibility index (Phi) is 4.10. The van der Waals surface area contributed by atoms with E-state index in [0.29, 0.717) is 17.4 Å². The van der Waals surface area contributed by atoms with Crippen molar-refractivity contribution in [2.75, 3.05) is 0 Å². The Labute approximate surface area is 139 Å². The number of aromatic nitrogens is 2. The molecule has 1 aromatic carbocycles. The molecule has 0 bridgehead atoms. The molecule has 3 aromatic rings. The Balaban J connectivity index is 1.99. The fourth-order valence-electron chi connectivity index (χ4n) is 2.25. The maximum absolute atomic E-state index is 12.7. The summed E-state index contributed by atoms with van der Waals surface area (Å²) in [5.74, 6) is -0.00704. The highest BCUT2D eigenvalue weighted by Crippen LogP contribution is 2.36.